The van der Waals surface area contributed by atoms with Gasteiger partial charge in [-0.25, -0.2) is 0 Å². The topological polar surface area (TPSA) is 58.9 Å². The zero-order valence-corrected chi connectivity index (χ0v) is 12.2. The third kappa shape index (κ3) is 3.07. The van der Waals surface area contributed by atoms with Crippen LogP contribution >= 0.6 is 11.6 Å². The van der Waals surface area contributed by atoms with Gasteiger partial charge in [-0.15, -0.1) is 0 Å². The highest BCUT2D eigenvalue weighted by Gasteiger charge is 2.76. The monoisotopic (exact) mass is 375 g/mol. The van der Waals surface area contributed by atoms with Gasteiger partial charge in [0.2, 0.25) is 5.78 Å². The van der Waals surface area contributed by atoms with Crippen LogP contribution < -0.4 is 0 Å². The molecule has 1 heterocycles. The summed E-state index contributed by atoms with van der Waals surface area (Å²) in [5.41, 5.74) is -5.87. The molecular formula is C13H8ClF6NO3. The number of hydrogen-bond donors (Lipinski definition) is 1. The van der Waals surface area contributed by atoms with Gasteiger partial charge in [-0.3, -0.25) is 4.79 Å². The van der Waals surface area contributed by atoms with Gasteiger partial charge in [0.25, 0.3) is 5.60 Å². The van der Waals surface area contributed by atoms with Crippen molar-refractivity contribution in [1.82, 2.24) is 0 Å². The standard InChI is InChI=1S/C13H8ClF6NO3/c14-7-3-1-6(2-4-7)10(22)8-5-9(24-21-8)11(23,12(15,16)17)13(18,19)20/h1-4,9,23H,5H2. The minimum atomic E-state index is -6.07. The van der Waals surface area contributed by atoms with Crippen LogP contribution in [-0.2, 0) is 4.84 Å². The second-order valence-electron chi connectivity index (χ2n) is 4.93. The van der Waals surface area contributed by atoms with Crippen molar-refractivity contribution in [2.45, 2.75) is 30.5 Å². The van der Waals surface area contributed by atoms with E-state index in [1.165, 1.54) is 24.3 Å². The fraction of sp³-hybridized carbons (Fsp3) is 0.385. The van der Waals surface area contributed by atoms with E-state index in [1.807, 2.05) is 0 Å². The lowest BCUT2D eigenvalue weighted by molar-refractivity contribution is -0.392. The Morgan fingerprint density at radius 3 is 2.08 bits per heavy atom. The van der Waals surface area contributed by atoms with Crippen molar-refractivity contribution in [3.8, 4) is 0 Å². The Morgan fingerprint density at radius 1 is 1.12 bits per heavy atom. The average molecular weight is 376 g/mol. The van der Waals surface area contributed by atoms with Gasteiger partial charge in [0.15, 0.2) is 6.10 Å². The number of oxime groups is 1. The van der Waals surface area contributed by atoms with Crippen LogP contribution in [0, 0.1) is 0 Å². The molecule has 0 amide bonds. The lowest BCUT2D eigenvalue weighted by atomic mass is 9.90. The summed E-state index contributed by atoms with van der Waals surface area (Å²) in [6.45, 7) is 0. The van der Waals surface area contributed by atoms with Crippen molar-refractivity contribution in [1.29, 1.82) is 0 Å². The largest absolute Gasteiger partial charge is 0.430 e. The summed E-state index contributed by atoms with van der Waals surface area (Å²) in [4.78, 5) is 16.1. The molecule has 1 aromatic carbocycles. The van der Waals surface area contributed by atoms with E-state index < -0.39 is 42.0 Å². The van der Waals surface area contributed by atoms with E-state index >= 15 is 0 Å². The number of alkyl halides is 6. The van der Waals surface area contributed by atoms with E-state index in [1.54, 1.807) is 0 Å². The van der Waals surface area contributed by atoms with Crippen molar-refractivity contribution in [2.75, 3.05) is 0 Å². The Hall–Kier alpha value is -1.81. The number of hydrogen-bond acceptors (Lipinski definition) is 4. The van der Waals surface area contributed by atoms with Crippen molar-refractivity contribution in [3.63, 3.8) is 0 Å². The van der Waals surface area contributed by atoms with Gasteiger partial charge in [0.05, 0.1) is 0 Å². The molecule has 1 aromatic rings. The number of ketones is 1. The number of carbonyl (C=O) groups is 1. The van der Waals surface area contributed by atoms with E-state index in [9.17, 15) is 36.2 Å². The number of rotatable bonds is 3. The highest BCUT2D eigenvalue weighted by atomic mass is 35.5. The number of nitrogens with zero attached hydrogens (tertiary/aromatic N) is 1. The summed E-state index contributed by atoms with van der Waals surface area (Å²) < 4.78 is 76.5. The Bertz CT molecular complexity index is 654. The molecule has 1 atom stereocenters. The second-order valence-corrected chi connectivity index (χ2v) is 5.37. The molecule has 0 saturated carbocycles. The number of Topliss-reactive ketones (excluding diaryl/α,β-unsaturated/α-hetero) is 1. The van der Waals surface area contributed by atoms with Crippen LogP contribution in [0.5, 0.6) is 0 Å². The normalized spacial score (nSPS) is 19.0. The van der Waals surface area contributed by atoms with Gasteiger partial charge < -0.3 is 9.94 Å². The predicted molar refractivity (Wildman–Crippen MR) is 69.8 cm³/mol. The third-order valence-electron chi connectivity index (χ3n) is 3.37. The van der Waals surface area contributed by atoms with Crippen LogP contribution in [0.25, 0.3) is 0 Å². The van der Waals surface area contributed by atoms with E-state index in [-0.39, 0.29) is 10.6 Å². The smallest absolute Gasteiger partial charge is 0.388 e. The van der Waals surface area contributed by atoms with Crippen LogP contribution in [0.15, 0.2) is 29.4 Å². The molecule has 0 aliphatic carbocycles. The maximum Gasteiger partial charge on any atom is 0.430 e. The number of halogens is 7. The SMILES string of the molecule is O=C(C1=NOC(C(O)(C(F)(F)F)C(F)(F)F)C1)c1ccc(Cl)cc1. The average Bonchev–Trinajstić information content (AvgIpc) is 2.94. The predicted octanol–water partition coefficient (Wildman–Crippen LogP) is 3.52. The fourth-order valence-corrected chi connectivity index (χ4v) is 2.16. The van der Waals surface area contributed by atoms with E-state index in [0.717, 1.165) is 0 Å². The Kier molecular flexibility index (Phi) is 4.57. The molecule has 1 aliphatic heterocycles. The lowest BCUT2D eigenvalue weighted by Gasteiger charge is -2.35. The van der Waals surface area contributed by atoms with Gasteiger partial charge >= 0.3 is 12.4 Å². The molecule has 0 radical (unpaired) electrons. The first kappa shape index (κ1) is 18.5. The summed E-state index contributed by atoms with van der Waals surface area (Å²) in [6.07, 6.45) is -16.1. The molecule has 1 N–H and O–H groups in total. The first-order chi connectivity index (χ1) is 10.9. The molecular weight excluding hydrogens is 368 g/mol. The second kappa shape index (κ2) is 5.92. The van der Waals surface area contributed by atoms with Gasteiger partial charge in [0, 0.05) is 17.0 Å². The molecule has 0 spiro atoms. The lowest BCUT2D eigenvalue weighted by Crippen LogP contribution is -2.64. The first-order valence-corrected chi connectivity index (χ1v) is 6.64. The van der Waals surface area contributed by atoms with Gasteiger partial charge in [-0.2, -0.15) is 26.3 Å². The fourth-order valence-electron chi connectivity index (χ4n) is 2.03. The zero-order chi connectivity index (χ0) is 18.3. The molecule has 0 fully saturated rings. The number of carbonyl (C=O) groups excluding carboxylic acids is 1. The van der Waals surface area contributed by atoms with Gasteiger partial charge in [-0.05, 0) is 24.3 Å². The van der Waals surface area contributed by atoms with Crippen molar-refractivity contribution < 1.29 is 41.1 Å². The van der Waals surface area contributed by atoms with E-state index in [2.05, 4.69) is 9.99 Å². The Labute approximate surface area is 135 Å². The molecule has 0 bridgehead atoms. The first-order valence-electron chi connectivity index (χ1n) is 6.26. The zero-order valence-electron chi connectivity index (χ0n) is 11.5. The Morgan fingerprint density at radius 2 is 1.62 bits per heavy atom. The van der Waals surface area contributed by atoms with Crippen LogP contribution in [0.2, 0.25) is 5.02 Å². The van der Waals surface area contributed by atoms with Crippen molar-refractivity contribution >= 4 is 23.1 Å². The summed E-state index contributed by atoms with van der Waals surface area (Å²) in [5.74, 6) is -0.930. The molecule has 11 heteroatoms. The molecule has 132 valence electrons. The van der Waals surface area contributed by atoms with Crippen LogP contribution in [0.1, 0.15) is 16.8 Å². The van der Waals surface area contributed by atoms with Crippen molar-refractivity contribution in [2.24, 2.45) is 5.16 Å². The summed E-state index contributed by atoms with van der Waals surface area (Å²) >= 11 is 5.61. The van der Waals surface area contributed by atoms with Crippen LogP contribution in [-0.4, -0.2) is 40.7 Å². The molecule has 1 unspecified atom stereocenters. The molecule has 24 heavy (non-hydrogen) atoms. The minimum absolute atomic E-state index is 0.0510. The van der Waals surface area contributed by atoms with Crippen LogP contribution in [0.3, 0.4) is 0 Å². The maximum atomic E-state index is 12.7. The summed E-state index contributed by atoms with van der Waals surface area (Å²) in [5, 5.41) is 12.5. The third-order valence-corrected chi connectivity index (χ3v) is 3.62. The Balaban J connectivity index is 2.24. The van der Waals surface area contributed by atoms with Gasteiger partial charge in [0.1, 0.15) is 5.71 Å². The molecule has 0 aromatic heterocycles. The number of benzene rings is 1. The quantitative estimate of drug-likeness (QED) is 0.649. The van der Waals surface area contributed by atoms with Crippen LogP contribution in [0.4, 0.5) is 26.3 Å². The van der Waals surface area contributed by atoms with E-state index in [4.69, 9.17) is 11.6 Å². The number of aliphatic hydroxyl groups is 1. The molecule has 2 rings (SSSR count). The maximum absolute atomic E-state index is 12.7. The summed E-state index contributed by atoms with van der Waals surface area (Å²) in [6, 6.07) is 5.06. The molecule has 4 nitrogen and oxygen atoms in total. The van der Waals surface area contributed by atoms with Crippen molar-refractivity contribution in [3.05, 3.63) is 34.9 Å². The molecule has 0 saturated heterocycles. The highest BCUT2D eigenvalue weighted by Crippen LogP contribution is 2.48. The highest BCUT2D eigenvalue weighted by molar-refractivity contribution is 6.46. The van der Waals surface area contributed by atoms with E-state index in [0.29, 0.717) is 0 Å². The molecule has 1 aliphatic rings. The van der Waals surface area contributed by atoms with Gasteiger partial charge in [-0.1, -0.05) is 16.8 Å². The summed E-state index contributed by atoms with van der Waals surface area (Å²) in [7, 11) is 0. The minimum Gasteiger partial charge on any atom is -0.388 e.